The fraction of sp³-hybridized carbons (Fsp3) is 0.208. The number of hydrogen-bond acceptors (Lipinski definition) is 8. The van der Waals surface area contributed by atoms with Crippen LogP contribution in [0.15, 0.2) is 71.9 Å². The Balaban J connectivity index is 1.68. The van der Waals surface area contributed by atoms with E-state index in [1.54, 1.807) is 63.0 Å². The highest BCUT2D eigenvalue weighted by Gasteiger charge is 2.25. The van der Waals surface area contributed by atoms with Crippen LogP contribution >= 0.6 is 11.3 Å². The molecule has 0 radical (unpaired) electrons. The van der Waals surface area contributed by atoms with Crippen LogP contribution in [0.4, 0.5) is 5.13 Å². The molecule has 0 N–H and O–H groups in total. The van der Waals surface area contributed by atoms with Gasteiger partial charge in [-0.05, 0) is 35.9 Å². The molecule has 0 spiro atoms. The number of fused-ring (bicyclic) bond motifs is 1. The third kappa shape index (κ3) is 5.02. The Morgan fingerprint density at radius 3 is 2.41 bits per heavy atom. The normalized spacial score (nSPS) is 11.4. The SMILES string of the molecule is COc1ccc(OC)c2sc(N(Cc3cccnc3)C(=O)CCS(=O)(=O)c3ccccc3)nc12. The molecule has 176 valence electrons. The molecule has 0 bridgehead atoms. The molecule has 0 aliphatic carbocycles. The molecule has 4 aromatic rings. The van der Waals surface area contributed by atoms with E-state index >= 15 is 0 Å². The summed E-state index contributed by atoms with van der Waals surface area (Å²) in [5, 5.41) is 0.420. The number of carbonyl (C=O) groups is 1. The molecule has 2 aromatic heterocycles. The average molecular weight is 498 g/mol. The number of pyridine rings is 1. The standard InChI is InChI=1S/C24H23N3O5S2/c1-31-19-10-11-20(32-2)23-22(19)26-24(33-23)27(16-17-7-6-13-25-15-17)21(28)12-14-34(29,30)18-8-4-3-5-9-18/h3-11,13,15H,12,14,16H2,1-2H3. The zero-order valence-corrected chi connectivity index (χ0v) is 20.3. The van der Waals surface area contributed by atoms with Crippen molar-refractivity contribution in [2.24, 2.45) is 0 Å². The highest BCUT2D eigenvalue weighted by Crippen LogP contribution is 2.40. The first-order valence-corrected chi connectivity index (χ1v) is 12.9. The summed E-state index contributed by atoms with van der Waals surface area (Å²) in [7, 11) is -0.495. The van der Waals surface area contributed by atoms with Crippen molar-refractivity contribution in [2.75, 3.05) is 24.9 Å². The quantitative estimate of drug-likeness (QED) is 0.343. The van der Waals surface area contributed by atoms with Gasteiger partial charge in [0.2, 0.25) is 5.91 Å². The summed E-state index contributed by atoms with van der Waals surface area (Å²) >= 11 is 1.28. The van der Waals surface area contributed by atoms with E-state index < -0.39 is 9.84 Å². The average Bonchev–Trinajstić information content (AvgIpc) is 3.31. The van der Waals surface area contributed by atoms with Gasteiger partial charge in [-0.1, -0.05) is 35.6 Å². The van der Waals surface area contributed by atoms with Gasteiger partial charge in [0.15, 0.2) is 15.0 Å². The number of rotatable bonds is 9. The van der Waals surface area contributed by atoms with Crippen molar-refractivity contribution in [3.63, 3.8) is 0 Å². The summed E-state index contributed by atoms with van der Waals surface area (Å²) in [4.78, 5) is 23.8. The van der Waals surface area contributed by atoms with Crippen molar-refractivity contribution < 1.29 is 22.7 Å². The Morgan fingerprint density at radius 2 is 1.74 bits per heavy atom. The lowest BCUT2D eigenvalue weighted by atomic mass is 10.2. The largest absolute Gasteiger partial charge is 0.495 e. The second kappa shape index (κ2) is 10.2. The monoisotopic (exact) mass is 497 g/mol. The number of ether oxygens (including phenoxy) is 2. The molecular formula is C24H23N3O5S2. The Kier molecular flexibility index (Phi) is 7.09. The number of sulfone groups is 1. The van der Waals surface area contributed by atoms with Crippen molar-refractivity contribution in [3.8, 4) is 11.5 Å². The molecular weight excluding hydrogens is 474 g/mol. The fourth-order valence-corrected chi connectivity index (χ4v) is 5.77. The smallest absolute Gasteiger partial charge is 0.230 e. The molecule has 0 aliphatic rings. The van der Waals surface area contributed by atoms with Crippen LogP contribution in [0, 0.1) is 0 Å². The van der Waals surface area contributed by atoms with Gasteiger partial charge >= 0.3 is 0 Å². The number of thiazole rings is 1. The maximum Gasteiger partial charge on any atom is 0.230 e. The van der Waals surface area contributed by atoms with Crippen LogP contribution in [0.2, 0.25) is 0 Å². The number of hydrogen-bond donors (Lipinski definition) is 0. The minimum absolute atomic E-state index is 0.191. The van der Waals surface area contributed by atoms with E-state index in [-0.39, 0.29) is 29.5 Å². The molecule has 0 atom stereocenters. The molecule has 10 heteroatoms. The van der Waals surface area contributed by atoms with E-state index in [0.29, 0.717) is 22.1 Å². The number of carbonyl (C=O) groups excluding carboxylic acids is 1. The molecule has 34 heavy (non-hydrogen) atoms. The van der Waals surface area contributed by atoms with E-state index in [0.717, 1.165) is 10.3 Å². The summed E-state index contributed by atoms with van der Waals surface area (Å²) in [5.41, 5.74) is 1.36. The van der Waals surface area contributed by atoms with Gasteiger partial charge in [-0.15, -0.1) is 0 Å². The van der Waals surface area contributed by atoms with Gasteiger partial charge in [0.1, 0.15) is 21.7 Å². The Labute approximate surface area is 201 Å². The van der Waals surface area contributed by atoms with Crippen molar-refractivity contribution in [1.29, 1.82) is 0 Å². The van der Waals surface area contributed by atoms with Gasteiger partial charge in [0, 0.05) is 18.8 Å². The molecule has 2 aromatic carbocycles. The third-order valence-electron chi connectivity index (χ3n) is 5.18. The highest BCUT2D eigenvalue weighted by atomic mass is 32.2. The van der Waals surface area contributed by atoms with Crippen molar-refractivity contribution in [3.05, 3.63) is 72.6 Å². The minimum Gasteiger partial charge on any atom is -0.495 e. The maximum absolute atomic E-state index is 13.4. The van der Waals surface area contributed by atoms with Crippen molar-refractivity contribution >= 4 is 42.4 Å². The van der Waals surface area contributed by atoms with Crippen molar-refractivity contribution in [1.82, 2.24) is 9.97 Å². The summed E-state index contributed by atoms with van der Waals surface area (Å²) in [6.45, 7) is 0.197. The number of aromatic nitrogens is 2. The molecule has 0 aliphatic heterocycles. The van der Waals surface area contributed by atoms with E-state index in [1.165, 1.54) is 28.4 Å². The summed E-state index contributed by atoms with van der Waals surface area (Å²) in [6.07, 6.45) is 3.12. The first kappa shape index (κ1) is 23.7. The highest BCUT2D eigenvalue weighted by molar-refractivity contribution is 7.91. The molecule has 0 unspecified atom stereocenters. The minimum atomic E-state index is -3.61. The molecule has 1 amide bonds. The molecule has 0 saturated heterocycles. The van der Waals surface area contributed by atoms with Crippen LogP contribution in [0.1, 0.15) is 12.0 Å². The van der Waals surface area contributed by atoms with Gasteiger partial charge in [-0.2, -0.15) is 0 Å². The molecule has 0 fully saturated rings. The number of benzene rings is 2. The zero-order chi connectivity index (χ0) is 24.1. The van der Waals surface area contributed by atoms with Crippen LogP contribution < -0.4 is 14.4 Å². The summed E-state index contributed by atoms with van der Waals surface area (Å²) in [5.74, 6) is 0.496. The maximum atomic E-state index is 13.4. The lowest BCUT2D eigenvalue weighted by Crippen LogP contribution is -2.31. The molecule has 4 rings (SSSR count). The topological polar surface area (TPSA) is 98.7 Å². The van der Waals surface area contributed by atoms with E-state index in [1.807, 2.05) is 6.07 Å². The molecule has 2 heterocycles. The van der Waals surface area contributed by atoms with Crippen LogP contribution in [0.25, 0.3) is 10.2 Å². The molecule has 0 saturated carbocycles. The van der Waals surface area contributed by atoms with Gasteiger partial charge in [0.05, 0.1) is 31.4 Å². The van der Waals surface area contributed by atoms with Gasteiger partial charge in [-0.3, -0.25) is 14.7 Å². The van der Waals surface area contributed by atoms with Crippen LogP contribution in [0.3, 0.4) is 0 Å². The Hall–Kier alpha value is -3.50. The predicted molar refractivity (Wildman–Crippen MR) is 131 cm³/mol. The van der Waals surface area contributed by atoms with Crippen LogP contribution in [0.5, 0.6) is 11.5 Å². The number of nitrogens with zero attached hydrogens (tertiary/aromatic N) is 3. The second-order valence-corrected chi connectivity index (χ2v) is 10.5. The van der Waals surface area contributed by atoms with E-state index in [4.69, 9.17) is 9.47 Å². The van der Waals surface area contributed by atoms with Crippen molar-refractivity contribution in [2.45, 2.75) is 17.9 Å². The number of anilines is 1. The van der Waals surface area contributed by atoms with E-state index in [9.17, 15) is 13.2 Å². The Bertz CT molecular complexity index is 1350. The van der Waals surface area contributed by atoms with Crippen LogP contribution in [-0.4, -0.2) is 44.3 Å². The summed E-state index contributed by atoms with van der Waals surface area (Å²) in [6, 6.07) is 15.3. The molecule has 8 nitrogen and oxygen atoms in total. The second-order valence-electron chi connectivity index (χ2n) is 7.37. The first-order chi connectivity index (χ1) is 16.4. The van der Waals surface area contributed by atoms with Crippen LogP contribution in [-0.2, 0) is 21.2 Å². The predicted octanol–water partition coefficient (Wildman–Crippen LogP) is 4.11. The third-order valence-corrected chi connectivity index (χ3v) is 8.01. The fourth-order valence-electron chi connectivity index (χ4n) is 3.43. The zero-order valence-electron chi connectivity index (χ0n) is 18.7. The van der Waals surface area contributed by atoms with Gasteiger partial charge < -0.3 is 9.47 Å². The first-order valence-electron chi connectivity index (χ1n) is 10.4. The summed E-state index contributed by atoms with van der Waals surface area (Å²) < 4.78 is 37.1. The number of amides is 1. The lowest BCUT2D eigenvalue weighted by Gasteiger charge is -2.20. The lowest BCUT2D eigenvalue weighted by molar-refractivity contribution is -0.118. The van der Waals surface area contributed by atoms with Gasteiger partial charge in [0.25, 0.3) is 0 Å². The Morgan fingerprint density at radius 1 is 1.00 bits per heavy atom. The number of methoxy groups -OCH3 is 2. The van der Waals surface area contributed by atoms with Gasteiger partial charge in [-0.25, -0.2) is 13.4 Å². The van der Waals surface area contributed by atoms with E-state index in [2.05, 4.69) is 9.97 Å².